The van der Waals surface area contributed by atoms with Gasteiger partial charge in [-0.25, -0.2) is 4.98 Å². The van der Waals surface area contributed by atoms with Crippen LogP contribution in [0.25, 0.3) is 0 Å². The molecular weight excluding hydrogens is 372 g/mol. The predicted molar refractivity (Wildman–Crippen MR) is 110 cm³/mol. The number of piperazine rings is 1. The minimum atomic E-state index is -0.121. The highest BCUT2D eigenvalue weighted by Gasteiger charge is 2.21. The molecule has 0 aliphatic carbocycles. The van der Waals surface area contributed by atoms with Gasteiger partial charge in [0.15, 0.2) is 11.5 Å². The second-order valence-electron chi connectivity index (χ2n) is 7.19. The minimum Gasteiger partial charge on any atom is -0.454 e. The fourth-order valence-electron chi connectivity index (χ4n) is 3.71. The summed E-state index contributed by atoms with van der Waals surface area (Å²) in [5.41, 5.74) is 2.37. The van der Waals surface area contributed by atoms with E-state index in [1.165, 1.54) is 5.56 Å². The number of aromatic nitrogens is 2. The molecule has 8 heteroatoms. The summed E-state index contributed by atoms with van der Waals surface area (Å²) in [7, 11) is 1.61. The van der Waals surface area contributed by atoms with Crippen LogP contribution in [-0.4, -0.2) is 54.9 Å². The van der Waals surface area contributed by atoms with Crippen LogP contribution >= 0.6 is 0 Å². The fraction of sp³-hybridized carbons (Fsp3) is 0.429. The Bertz CT molecular complexity index is 935. The third-order valence-corrected chi connectivity index (χ3v) is 5.23. The number of methoxy groups -OCH3 is 1. The zero-order chi connectivity index (χ0) is 20.2. The third kappa shape index (κ3) is 4.28. The molecule has 0 radical (unpaired) electrons. The summed E-state index contributed by atoms with van der Waals surface area (Å²) in [5.74, 6) is 2.23. The average Bonchev–Trinajstić information content (AvgIpc) is 3.19. The number of rotatable bonds is 7. The Labute approximate surface area is 169 Å². The average molecular weight is 398 g/mol. The molecule has 0 unspecified atom stereocenters. The van der Waals surface area contributed by atoms with Gasteiger partial charge >= 0.3 is 0 Å². The predicted octanol–water partition coefficient (Wildman–Crippen LogP) is 1.70. The number of H-pyrrole nitrogens is 1. The van der Waals surface area contributed by atoms with Crippen molar-refractivity contribution in [2.75, 3.05) is 45.0 Å². The van der Waals surface area contributed by atoms with Crippen LogP contribution in [-0.2, 0) is 24.3 Å². The molecule has 1 aromatic heterocycles. The quantitative estimate of drug-likeness (QED) is 0.711. The first-order chi connectivity index (χ1) is 14.2. The summed E-state index contributed by atoms with van der Waals surface area (Å²) in [6, 6.07) is 6.09. The minimum absolute atomic E-state index is 0.121. The van der Waals surface area contributed by atoms with Gasteiger partial charge in [-0.1, -0.05) is 12.1 Å². The summed E-state index contributed by atoms with van der Waals surface area (Å²) in [6.07, 6.45) is 2.19. The van der Waals surface area contributed by atoms with Crippen LogP contribution in [0.2, 0.25) is 0 Å². The number of allylic oxidation sites excluding steroid dienone is 1. The van der Waals surface area contributed by atoms with Crippen molar-refractivity contribution in [1.29, 1.82) is 0 Å². The maximum atomic E-state index is 12.5. The Morgan fingerprint density at radius 2 is 2.03 bits per heavy atom. The zero-order valence-electron chi connectivity index (χ0n) is 16.6. The van der Waals surface area contributed by atoms with E-state index in [1.54, 1.807) is 13.2 Å². The van der Waals surface area contributed by atoms with E-state index in [4.69, 9.17) is 14.2 Å². The Balaban J connectivity index is 1.41. The Morgan fingerprint density at radius 1 is 1.24 bits per heavy atom. The van der Waals surface area contributed by atoms with E-state index in [0.717, 1.165) is 44.2 Å². The van der Waals surface area contributed by atoms with E-state index < -0.39 is 0 Å². The molecular formula is C21H26N4O4. The van der Waals surface area contributed by atoms with Crippen LogP contribution in [0.1, 0.15) is 16.8 Å². The molecule has 2 aromatic rings. The van der Waals surface area contributed by atoms with Crippen molar-refractivity contribution in [2.45, 2.75) is 19.6 Å². The van der Waals surface area contributed by atoms with Crippen molar-refractivity contribution >= 4 is 5.95 Å². The van der Waals surface area contributed by atoms with Crippen molar-refractivity contribution < 1.29 is 14.2 Å². The molecule has 1 N–H and O–H groups in total. The van der Waals surface area contributed by atoms with Gasteiger partial charge in [0.05, 0.1) is 12.3 Å². The fourth-order valence-corrected chi connectivity index (χ4v) is 3.71. The van der Waals surface area contributed by atoms with Gasteiger partial charge in [0.2, 0.25) is 12.7 Å². The Hall–Kier alpha value is -2.84. The summed E-state index contributed by atoms with van der Waals surface area (Å²) in [5, 5.41) is 0. The Kier molecular flexibility index (Phi) is 5.82. The third-order valence-electron chi connectivity index (χ3n) is 5.23. The highest BCUT2D eigenvalue weighted by molar-refractivity contribution is 5.44. The second-order valence-corrected chi connectivity index (χ2v) is 7.19. The van der Waals surface area contributed by atoms with Crippen molar-refractivity contribution in [2.24, 2.45) is 0 Å². The molecule has 0 bridgehead atoms. The number of aromatic amines is 1. The van der Waals surface area contributed by atoms with E-state index in [9.17, 15) is 4.79 Å². The monoisotopic (exact) mass is 398 g/mol. The normalized spacial score (nSPS) is 16.2. The molecule has 1 saturated heterocycles. The number of ether oxygens (including phenoxy) is 3. The van der Waals surface area contributed by atoms with Gasteiger partial charge < -0.3 is 19.1 Å². The lowest BCUT2D eigenvalue weighted by Crippen LogP contribution is -2.47. The van der Waals surface area contributed by atoms with E-state index in [2.05, 4.69) is 32.4 Å². The molecule has 1 fully saturated rings. The number of anilines is 1. The SMILES string of the molecule is C=CCc1c(COC)nc(N2CCN(Cc3ccc4c(c3)OCO4)CC2)[nH]c1=O. The van der Waals surface area contributed by atoms with Gasteiger partial charge in [-0.15, -0.1) is 6.58 Å². The van der Waals surface area contributed by atoms with Crippen LogP contribution in [0, 0.1) is 0 Å². The van der Waals surface area contributed by atoms with Crippen molar-refractivity contribution in [3.8, 4) is 11.5 Å². The van der Waals surface area contributed by atoms with Crippen molar-refractivity contribution in [3.63, 3.8) is 0 Å². The van der Waals surface area contributed by atoms with Gasteiger partial charge in [-0.3, -0.25) is 14.7 Å². The molecule has 0 spiro atoms. The number of nitrogens with one attached hydrogen (secondary N) is 1. The molecule has 4 rings (SSSR count). The molecule has 0 amide bonds. The highest BCUT2D eigenvalue weighted by atomic mass is 16.7. The molecule has 1 aromatic carbocycles. The number of hydrogen-bond donors (Lipinski definition) is 1. The van der Waals surface area contributed by atoms with Crippen LogP contribution in [0.5, 0.6) is 11.5 Å². The van der Waals surface area contributed by atoms with Gasteiger partial charge in [0.25, 0.3) is 5.56 Å². The van der Waals surface area contributed by atoms with Gasteiger partial charge in [-0.2, -0.15) is 0 Å². The van der Waals surface area contributed by atoms with Crippen LogP contribution in [0.3, 0.4) is 0 Å². The van der Waals surface area contributed by atoms with E-state index in [1.807, 2.05) is 12.1 Å². The van der Waals surface area contributed by atoms with Crippen LogP contribution in [0.15, 0.2) is 35.6 Å². The smallest absolute Gasteiger partial charge is 0.256 e. The van der Waals surface area contributed by atoms with Gasteiger partial charge in [0, 0.05) is 45.4 Å². The summed E-state index contributed by atoms with van der Waals surface area (Å²) < 4.78 is 16.1. The molecule has 2 aliphatic rings. The number of fused-ring (bicyclic) bond motifs is 1. The molecule has 3 heterocycles. The van der Waals surface area contributed by atoms with Gasteiger partial charge in [0.1, 0.15) is 0 Å². The van der Waals surface area contributed by atoms with E-state index >= 15 is 0 Å². The van der Waals surface area contributed by atoms with Crippen molar-refractivity contribution in [1.82, 2.24) is 14.9 Å². The topological polar surface area (TPSA) is 79.9 Å². The maximum absolute atomic E-state index is 12.5. The first-order valence-corrected chi connectivity index (χ1v) is 9.75. The first-order valence-electron chi connectivity index (χ1n) is 9.75. The highest BCUT2D eigenvalue weighted by Crippen LogP contribution is 2.32. The number of hydrogen-bond acceptors (Lipinski definition) is 7. The van der Waals surface area contributed by atoms with Crippen molar-refractivity contribution in [3.05, 3.63) is 58.0 Å². The largest absolute Gasteiger partial charge is 0.454 e. The lowest BCUT2D eigenvalue weighted by atomic mass is 10.1. The molecule has 154 valence electrons. The van der Waals surface area contributed by atoms with Crippen LogP contribution in [0.4, 0.5) is 5.95 Å². The molecule has 0 atom stereocenters. The Morgan fingerprint density at radius 3 is 2.79 bits per heavy atom. The molecule has 2 aliphatic heterocycles. The molecule has 0 saturated carbocycles. The summed E-state index contributed by atoms with van der Waals surface area (Å²) in [6.45, 7) is 8.52. The second kappa shape index (κ2) is 8.67. The van der Waals surface area contributed by atoms with E-state index in [-0.39, 0.29) is 5.56 Å². The van der Waals surface area contributed by atoms with E-state index in [0.29, 0.717) is 37.0 Å². The lowest BCUT2D eigenvalue weighted by molar-refractivity contribution is 0.174. The first kappa shape index (κ1) is 19.5. The van der Waals surface area contributed by atoms with Crippen LogP contribution < -0.4 is 19.9 Å². The lowest BCUT2D eigenvalue weighted by Gasteiger charge is -2.35. The molecule has 8 nitrogen and oxygen atoms in total. The zero-order valence-corrected chi connectivity index (χ0v) is 16.6. The molecule has 29 heavy (non-hydrogen) atoms. The van der Waals surface area contributed by atoms with Gasteiger partial charge in [-0.05, 0) is 24.1 Å². The number of benzene rings is 1. The summed E-state index contributed by atoms with van der Waals surface area (Å²) in [4.78, 5) is 24.6. The standard InChI is InChI=1S/C21H26N4O4/c1-3-4-16-17(13-27-2)22-21(23-20(16)26)25-9-7-24(8-10-25)12-15-5-6-18-19(11-15)29-14-28-18/h3,5-6,11H,1,4,7-10,12-14H2,2H3,(H,22,23,26). The summed E-state index contributed by atoms with van der Waals surface area (Å²) >= 11 is 0. The number of nitrogens with zero attached hydrogens (tertiary/aromatic N) is 3. The maximum Gasteiger partial charge on any atom is 0.256 e.